The second kappa shape index (κ2) is 7.89. The van der Waals surface area contributed by atoms with E-state index in [1.165, 1.54) is 0 Å². The van der Waals surface area contributed by atoms with Crippen LogP contribution in [0.15, 0.2) is 24.3 Å². The SMILES string of the molecule is CCN1CCN(c2cc(C)nc(Nc3cc(Cl)ccc3OC)n2)CC1. The number of nitrogens with zero attached hydrogens (tertiary/aromatic N) is 4. The van der Waals surface area contributed by atoms with Gasteiger partial charge in [-0.1, -0.05) is 18.5 Å². The third-order valence-electron chi connectivity index (χ3n) is 4.39. The fourth-order valence-electron chi connectivity index (χ4n) is 2.96. The number of hydrogen-bond acceptors (Lipinski definition) is 6. The molecule has 0 aliphatic carbocycles. The van der Waals surface area contributed by atoms with Crippen molar-refractivity contribution in [2.24, 2.45) is 0 Å². The van der Waals surface area contributed by atoms with E-state index in [4.69, 9.17) is 21.3 Å². The summed E-state index contributed by atoms with van der Waals surface area (Å²) in [6, 6.07) is 7.46. The Kier molecular flexibility index (Phi) is 5.60. The topological polar surface area (TPSA) is 53.5 Å². The largest absolute Gasteiger partial charge is 0.495 e. The van der Waals surface area contributed by atoms with Crippen LogP contribution in [0.4, 0.5) is 17.5 Å². The van der Waals surface area contributed by atoms with Gasteiger partial charge in [-0.3, -0.25) is 0 Å². The predicted octanol–water partition coefficient (Wildman–Crippen LogP) is 3.33. The number of piperazine rings is 1. The molecule has 3 rings (SSSR count). The van der Waals surface area contributed by atoms with Gasteiger partial charge in [-0.25, -0.2) is 4.98 Å². The normalized spacial score (nSPS) is 15.3. The number of rotatable bonds is 5. The van der Waals surface area contributed by atoms with E-state index >= 15 is 0 Å². The van der Waals surface area contributed by atoms with Gasteiger partial charge in [0.15, 0.2) is 0 Å². The summed E-state index contributed by atoms with van der Waals surface area (Å²) in [5.41, 5.74) is 1.67. The molecule has 2 aromatic rings. The number of aryl methyl sites for hydroxylation is 1. The summed E-state index contributed by atoms with van der Waals surface area (Å²) in [5.74, 6) is 2.20. The zero-order valence-corrected chi connectivity index (χ0v) is 15.7. The van der Waals surface area contributed by atoms with E-state index in [-0.39, 0.29) is 0 Å². The molecule has 134 valence electrons. The number of benzene rings is 1. The number of methoxy groups -OCH3 is 1. The first-order valence-electron chi connectivity index (χ1n) is 8.52. The van der Waals surface area contributed by atoms with Crippen LogP contribution in [0.1, 0.15) is 12.6 Å². The summed E-state index contributed by atoms with van der Waals surface area (Å²) in [6.45, 7) is 9.35. The van der Waals surface area contributed by atoms with Gasteiger partial charge in [-0.15, -0.1) is 0 Å². The van der Waals surface area contributed by atoms with E-state index in [9.17, 15) is 0 Å². The molecular weight excluding hydrogens is 338 g/mol. The lowest BCUT2D eigenvalue weighted by Gasteiger charge is -2.34. The van der Waals surface area contributed by atoms with Gasteiger partial charge >= 0.3 is 0 Å². The molecule has 1 aliphatic heterocycles. The Morgan fingerprint density at radius 3 is 2.60 bits per heavy atom. The second-order valence-corrected chi connectivity index (χ2v) is 6.52. The third-order valence-corrected chi connectivity index (χ3v) is 4.63. The Morgan fingerprint density at radius 2 is 1.92 bits per heavy atom. The van der Waals surface area contributed by atoms with E-state index in [1.54, 1.807) is 13.2 Å². The lowest BCUT2D eigenvalue weighted by atomic mass is 10.3. The first kappa shape index (κ1) is 17.8. The van der Waals surface area contributed by atoms with E-state index in [0.717, 1.165) is 49.9 Å². The summed E-state index contributed by atoms with van der Waals surface area (Å²) in [7, 11) is 1.63. The van der Waals surface area contributed by atoms with E-state index in [2.05, 4.69) is 27.0 Å². The lowest BCUT2D eigenvalue weighted by Crippen LogP contribution is -2.46. The van der Waals surface area contributed by atoms with Crippen LogP contribution >= 0.6 is 11.6 Å². The smallest absolute Gasteiger partial charge is 0.229 e. The van der Waals surface area contributed by atoms with Gasteiger partial charge in [0, 0.05) is 43.0 Å². The molecule has 2 heterocycles. The molecular formula is C18H24ClN5O. The maximum atomic E-state index is 6.10. The van der Waals surface area contributed by atoms with Crippen molar-refractivity contribution < 1.29 is 4.74 Å². The maximum Gasteiger partial charge on any atom is 0.229 e. The highest BCUT2D eigenvalue weighted by Crippen LogP contribution is 2.30. The van der Waals surface area contributed by atoms with Gasteiger partial charge in [0.05, 0.1) is 12.8 Å². The summed E-state index contributed by atoms with van der Waals surface area (Å²) in [5, 5.41) is 3.87. The minimum Gasteiger partial charge on any atom is -0.495 e. The zero-order chi connectivity index (χ0) is 17.8. The van der Waals surface area contributed by atoms with Crippen molar-refractivity contribution in [2.75, 3.05) is 50.1 Å². The van der Waals surface area contributed by atoms with Gasteiger partial charge in [0.2, 0.25) is 5.95 Å². The summed E-state index contributed by atoms with van der Waals surface area (Å²) < 4.78 is 5.38. The van der Waals surface area contributed by atoms with Crippen molar-refractivity contribution in [1.29, 1.82) is 0 Å². The highest BCUT2D eigenvalue weighted by Gasteiger charge is 2.18. The van der Waals surface area contributed by atoms with Crippen LogP contribution in [-0.2, 0) is 0 Å². The Balaban J connectivity index is 1.82. The van der Waals surface area contributed by atoms with Crippen LogP contribution in [0.25, 0.3) is 0 Å². The molecule has 25 heavy (non-hydrogen) atoms. The summed E-state index contributed by atoms with van der Waals surface area (Å²) in [6.07, 6.45) is 0. The number of aromatic nitrogens is 2. The number of likely N-dealkylation sites (N-methyl/N-ethyl adjacent to an activating group) is 1. The van der Waals surface area contributed by atoms with Crippen LogP contribution < -0.4 is 15.0 Å². The molecule has 0 unspecified atom stereocenters. The fourth-order valence-corrected chi connectivity index (χ4v) is 3.13. The molecule has 0 atom stereocenters. The highest BCUT2D eigenvalue weighted by molar-refractivity contribution is 6.31. The van der Waals surface area contributed by atoms with Gasteiger partial charge in [0.1, 0.15) is 11.6 Å². The van der Waals surface area contributed by atoms with Gasteiger partial charge in [0.25, 0.3) is 0 Å². The Morgan fingerprint density at radius 1 is 1.16 bits per heavy atom. The van der Waals surface area contributed by atoms with Crippen LogP contribution in [0.2, 0.25) is 5.02 Å². The molecule has 1 aliphatic rings. The molecule has 0 amide bonds. The number of hydrogen-bond donors (Lipinski definition) is 1. The van der Waals surface area contributed by atoms with E-state index in [1.807, 2.05) is 25.1 Å². The van der Waals surface area contributed by atoms with Crippen molar-refractivity contribution in [1.82, 2.24) is 14.9 Å². The molecule has 0 radical (unpaired) electrons. The van der Waals surface area contributed by atoms with Crippen molar-refractivity contribution in [3.05, 3.63) is 35.0 Å². The zero-order valence-electron chi connectivity index (χ0n) is 14.9. The van der Waals surface area contributed by atoms with Crippen molar-refractivity contribution in [2.45, 2.75) is 13.8 Å². The van der Waals surface area contributed by atoms with E-state index < -0.39 is 0 Å². The number of anilines is 3. The van der Waals surface area contributed by atoms with Crippen LogP contribution in [0.5, 0.6) is 5.75 Å². The predicted molar refractivity (Wildman–Crippen MR) is 102 cm³/mol. The maximum absolute atomic E-state index is 6.10. The van der Waals surface area contributed by atoms with Crippen molar-refractivity contribution in [3.63, 3.8) is 0 Å². The molecule has 1 saturated heterocycles. The average molecular weight is 362 g/mol. The van der Waals surface area contributed by atoms with E-state index in [0.29, 0.717) is 16.7 Å². The summed E-state index contributed by atoms with van der Waals surface area (Å²) in [4.78, 5) is 13.9. The number of halogens is 1. The highest BCUT2D eigenvalue weighted by atomic mass is 35.5. The monoisotopic (exact) mass is 361 g/mol. The van der Waals surface area contributed by atoms with Crippen LogP contribution in [0.3, 0.4) is 0 Å². The van der Waals surface area contributed by atoms with Gasteiger partial charge in [-0.2, -0.15) is 4.98 Å². The first-order valence-corrected chi connectivity index (χ1v) is 8.90. The Labute approximate surface area is 153 Å². The summed E-state index contributed by atoms with van der Waals surface area (Å²) >= 11 is 6.10. The molecule has 7 heteroatoms. The molecule has 1 aromatic heterocycles. The standard InChI is InChI=1S/C18H24ClN5O/c1-4-23-7-9-24(10-8-23)17-11-13(2)20-18(22-17)21-15-12-14(19)5-6-16(15)25-3/h5-6,11-12H,4,7-10H2,1-3H3,(H,20,21,22). The molecule has 1 N–H and O–H groups in total. The number of ether oxygens (including phenoxy) is 1. The molecule has 6 nitrogen and oxygen atoms in total. The molecule has 0 bridgehead atoms. The quantitative estimate of drug-likeness (QED) is 0.881. The molecule has 0 saturated carbocycles. The first-order chi connectivity index (χ1) is 12.1. The minimum absolute atomic E-state index is 0.550. The van der Waals surface area contributed by atoms with Crippen LogP contribution in [-0.4, -0.2) is 54.7 Å². The van der Waals surface area contributed by atoms with Gasteiger partial charge in [-0.05, 0) is 31.7 Å². The van der Waals surface area contributed by atoms with Crippen molar-refractivity contribution in [3.8, 4) is 5.75 Å². The minimum atomic E-state index is 0.550. The third kappa shape index (κ3) is 4.32. The Bertz CT molecular complexity index is 731. The van der Waals surface area contributed by atoms with Gasteiger partial charge < -0.3 is 19.9 Å². The average Bonchev–Trinajstić information content (AvgIpc) is 2.61. The van der Waals surface area contributed by atoms with Crippen LogP contribution in [0, 0.1) is 6.92 Å². The molecule has 1 aromatic carbocycles. The number of nitrogens with one attached hydrogen (secondary N) is 1. The second-order valence-electron chi connectivity index (χ2n) is 6.08. The molecule has 0 spiro atoms. The lowest BCUT2D eigenvalue weighted by molar-refractivity contribution is 0.270. The Hall–Kier alpha value is -2.05. The molecule has 1 fully saturated rings. The fraction of sp³-hybridized carbons (Fsp3) is 0.444. The van der Waals surface area contributed by atoms with Crippen molar-refractivity contribution >= 4 is 29.1 Å².